The summed E-state index contributed by atoms with van der Waals surface area (Å²) < 4.78 is 273. The summed E-state index contributed by atoms with van der Waals surface area (Å²) in [6, 6.07) is 0. The van der Waals surface area contributed by atoms with E-state index in [1.165, 1.54) is 19.0 Å². The van der Waals surface area contributed by atoms with Crippen molar-refractivity contribution in [3.05, 3.63) is 0 Å². The summed E-state index contributed by atoms with van der Waals surface area (Å²) >= 11 is 2.15. The highest BCUT2D eigenvalue weighted by Crippen LogP contribution is 2.55. The van der Waals surface area contributed by atoms with Crippen LogP contribution in [0.4, 0.5) is 79.0 Å². The molecular weight excluding hydrogens is 1020 g/mol. The number of alkyl halides is 19. The lowest BCUT2D eigenvalue weighted by Crippen LogP contribution is -2.65. The van der Waals surface area contributed by atoms with Crippen LogP contribution in [0.5, 0.6) is 0 Å². The largest absolute Gasteiger partial charge is 0.460 e. The highest BCUT2D eigenvalue weighted by atomic mass is 127. The van der Waals surface area contributed by atoms with Gasteiger partial charge in [-0.05, 0) is 32.0 Å². The number of nitrogens with one attached hydrogen (secondary N) is 2. The molecule has 0 heterocycles. The zero-order valence-electron chi connectivity index (χ0n) is 26.2. The van der Waals surface area contributed by atoms with Crippen molar-refractivity contribution in [3.8, 4) is 0 Å². The van der Waals surface area contributed by atoms with E-state index in [1.807, 2.05) is 4.93 Å². The molecule has 0 aromatic rings. The number of hydrogen-bond acceptors (Lipinski definition) is 5. The fraction of sp³-hybridized carbons (Fsp3) is 1.00. The van der Waals surface area contributed by atoms with Crippen LogP contribution in [0.1, 0.15) is 12.8 Å². The van der Waals surface area contributed by atoms with Gasteiger partial charge in [-0.2, -0.15) is 79.0 Å². The second-order valence-corrected chi connectivity index (χ2v) is 14.3. The number of quaternary nitrogens is 1. The minimum atomic E-state index is -7.25. The molecule has 0 bridgehead atoms. The molecule has 0 aliphatic rings. The smallest absolute Gasteiger partial charge is 0.331 e. The standard InChI is InChI=1S/C10H16F9N2O2S.C9H13F9N2O2S.CH3I.HI/c1-21(2,3)6-4-5-20-24(22,23)10(18,19)8(13,14)7(11,12)9(15,16)17;1-20(2)5-3-4-19-23(21,22)9(17,18)7(12,13)6(10,11)8(14,15)16;1-2;/h20H,4-6H2,1-3H3;19H,3-5H2,1-2H3;1H3;1H/q+1;;;. The maximum atomic E-state index is 13.3. The summed E-state index contributed by atoms with van der Waals surface area (Å²) in [4.78, 5) is 3.43. The average molecular weight is 1050 g/mol. The number of rotatable bonds is 16. The van der Waals surface area contributed by atoms with Crippen LogP contribution >= 0.6 is 46.6 Å². The van der Waals surface area contributed by atoms with Crippen LogP contribution in [0.2, 0.25) is 0 Å². The van der Waals surface area contributed by atoms with Gasteiger partial charge in [0.25, 0.3) is 20.0 Å². The van der Waals surface area contributed by atoms with Gasteiger partial charge in [-0.15, -0.1) is 24.0 Å². The fourth-order valence-corrected chi connectivity index (χ4v) is 4.72. The van der Waals surface area contributed by atoms with E-state index in [0.29, 0.717) is 0 Å². The van der Waals surface area contributed by atoms with Crippen molar-refractivity contribution in [3.63, 3.8) is 0 Å². The van der Waals surface area contributed by atoms with Crippen LogP contribution in [-0.2, 0) is 20.0 Å². The lowest BCUT2D eigenvalue weighted by atomic mass is 10.1. The molecule has 0 radical (unpaired) electrons. The maximum absolute atomic E-state index is 13.3. The molecule has 0 aromatic carbocycles. The Bertz CT molecular complexity index is 1240. The van der Waals surface area contributed by atoms with E-state index in [2.05, 4.69) is 22.6 Å². The van der Waals surface area contributed by atoms with Crippen LogP contribution in [0, 0.1) is 0 Å². The highest BCUT2D eigenvalue weighted by Gasteiger charge is 2.86. The zero-order chi connectivity index (χ0) is 40.7. The Morgan fingerprint density at radius 1 is 0.540 bits per heavy atom. The molecule has 0 rings (SSSR count). The lowest BCUT2D eigenvalue weighted by Gasteiger charge is -2.33. The molecule has 8 nitrogen and oxygen atoms in total. The first-order chi connectivity index (χ1) is 21.1. The third-order valence-electron chi connectivity index (χ3n) is 5.28. The van der Waals surface area contributed by atoms with E-state index in [4.69, 9.17) is 0 Å². The molecular formula is C20H33F18I2N4O4S2+. The number of halogens is 20. The number of hydrogen-bond donors (Lipinski definition) is 2. The van der Waals surface area contributed by atoms with Crippen molar-refractivity contribution in [2.24, 2.45) is 0 Å². The van der Waals surface area contributed by atoms with Gasteiger partial charge in [0.15, 0.2) is 0 Å². The van der Waals surface area contributed by atoms with Crippen molar-refractivity contribution in [1.29, 1.82) is 0 Å². The Balaban J connectivity index is -0.000000396. The second-order valence-electron chi connectivity index (χ2n) is 10.6. The lowest BCUT2D eigenvalue weighted by molar-refractivity contribution is -0.870. The fourth-order valence-electron chi connectivity index (χ4n) is 2.60. The Labute approximate surface area is 305 Å². The molecule has 0 atom stereocenters. The van der Waals surface area contributed by atoms with E-state index < -0.39 is 79.7 Å². The summed E-state index contributed by atoms with van der Waals surface area (Å²) in [6.45, 7) is -1.41. The third-order valence-corrected chi connectivity index (χ3v) is 8.31. The van der Waals surface area contributed by atoms with Crippen LogP contribution in [0.25, 0.3) is 0 Å². The second kappa shape index (κ2) is 19.0. The minimum Gasteiger partial charge on any atom is -0.331 e. The summed E-state index contributed by atoms with van der Waals surface area (Å²) in [5.41, 5.74) is 0. The van der Waals surface area contributed by atoms with E-state index in [9.17, 15) is 95.9 Å². The molecule has 0 amide bonds. The Morgan fingerprint density at radius 3 is 1.02 bits per heavy atom. The predicted molar refractivity (Wildman–Crippen MR) is 162 cm³/mol. The predicted octanol–water partition coefficient (Wildman–Crippen LogP) is 6.38. The van der Waals surface area contributed by atoms with Gasteiger partial charge in [0.2, 0.25) is 0 Å². The minimum absolute atomic E-state index is 0. The van der Waals surface area contributed by atoms with E-state index in [1.54, 1.807) is 21.1 Å². The molecule has 50 heavy (non-hydrogen) atoms. The number of sulfonamides is 2. The maximum Gasteiger partial charge on any atom is 0.460 e. The molecule has 0 spiro atoms. The molecule has 0 saturated heterocycles. The Kier molecular flexibility index (Phi) is 21.5. The molecule has 0 unspecified atom stereocenters. The summed E-state index contributed by atoms with van der Waals surface area (Å²) in [5.74, 6) is -28.9. The SMILES string of the molecule is CI.CN(C)CCCNS(=O)(=O)C(F)(F)C(F)(F)C(F)(F)C(F)(F)F.C[N+](C)(C)CCCNS(=O)(=O)C(F)(F)C(F)(F)C(F)(F)C(F)(F)F.I. The molecule has 2 N–H and O–H groups in total. The molecule has 0 fully saturated rings. The normalized spacial score (nSPS) is 14.7. The quantitative estimate of drug-likeness (QED) is 0.0616. The summed E-state index contributed by atoms with van der Waals surface area (Å²) in [5, 5.41) is -13.4. The monoisotopic (exact) mass is 1050 g/mol. The first kappa shape index (κ1) is 56.7. The number of nitrogens with zero attached hydrogens (tertiary/aromatic N) is 2. The van der Waals surface area contributed by atoms with Gasteiger partial charge in [0, 0.05) is 19.5 Å². The Morgan fingerprint density at radius 2 is 0.800 bits per heavy atom. The molecule has 0 aromatic heterocycles. The van der Waals surface area contributed by atoms with Crippen molar-refractivity contribution in [2.45, 2.75) is 59.4 Å². The third kappa shape index (κ3) is 13.4. The summed E-state index contributed by atoms with van der Waals surface area (Å²) in [6.07, 6.45) is -14.5. The topological polar surface area (TPSA) is 95.6 Å². The van der Waals surface area contributed by atoms with Gasteiger partial charge in [0.05, 0.1) is 27.7 Å². The molecule has 30 heteroatoms. The first-order valence-corrected chi connectivity index (χ1v) is 17.5. The van der Waals surface area contributed by atoms with Crippen molar-refractivity contribution >= 4 is 66.6 Å². The van der Waals surface area contributed by atoms with Crippen molar-refractivity contribution in [2.75, 3.05) is 66.3 Å². The van der Waals surface area contributed by atoms with Crippen LogP contribution in [-0.4, -0.2) is 139 Å². The zero-order valence-corrected chi connectivity index (χ0v) is 32.3. The van der Waals surface area contributed by atoms with Crippen molar-refractivity contribution in [1.82, 2.24) is 14.3 Å². The van der Waals surface area contributed by atoms with Crippen LogP contribution < -0.4 is 9.44 Å². The van der Waals surface area contributed by atoms with E-state index in [0.717, 1.165) is 9.44 Å². The van der Waals surface area contributed by atoms with Crippen molar-refractivity contribution < 1.29 is 100 Å². The van der Waals surface area contributed by atoms with E-state index in [-0.39, 0.29) is 54.4 Å². The average Bonchev–Trinajstić information content (AvgIpc) is 2.88. The van der Waals surface area contributed by atoms with Gasteiger partial charge >= 0.3 is 46.6 Å². The van der Waals surface area contributed by atoms with E-state index >= 15 is 0 Å². The van der Waals surface area contributed by atoms with Gasteiger partial charge in [-0.3, -0.25) is 0 Å². The van der Waals surface area contributed by atoms with Crippen LogP contribution in [0.15, 0.2) is 0 Å². The van der Waals surface area contributed by atoms with Gasteiger partial charge in [-0.25, -0.2) is 26.3 Å². The first-order valence-electron chi connectivity index (χ1n) is 12.3. The molecule has 308 valence electrons. The Hall–Kier alpha value is -0.0600. The molecule has 0 aliphatic carbocycles. The molecule has 0 aliphatic heterocycles. The highest BCUT2D eigenvalue weighted by molar-refractivity contribution is 14.1. The molecule has 0 saturated carbocycles. The van der Waals surface area contributed by atoms with Gasteiger partial charge in [-0.1, -0.05) is 22.6 Å². The van der Waals surface area contributed by atoms with Gasteiger partial charge < -0.3 is 9.38 Å². The van der Waals surface area contributed by atoms with Crippen LogP contribution in [0.3, 0.4) is 0 Å². The summed E-state index contributed by atoms with van der Waals surface area (Å²) in [7, 11) is -5.11. The van der Waals surface area contributed by atoms with Gasteiger partial charge in [0.1, 0.15) is 0 Å².